The van der Waals surface area contributed by atoms with Gasteiger partial charge in [0.05, 0.1) is 16.8 Å². The van der Waals surface area contributed by atoms with Gasteiger partial charge in [0.15, 0.2) is 0 Å². The zero-order valence-electron chi connectivity index (χ0n) is 12.3. The summed E-state index contributed by atoms with van der Waals surface area (Å²) in [6, 6.07) is 0. The van der Waals surface area contributed by atoms with Gasteiger partial charge in [-0.2, -0.15) is 0 Å². The third kappa shape index (κ3) is 2.37. The molecule has 0 aromatic carbocycles. The van der Waals surface area contributed by atoms with E-state index >= 15 is 0 Å². The number of carbonyl (C=O) groups excluding carboxylic acids is 1. The van der Waals surface area contributed by atoms with E-state index in [1.54, 1.807) is 0 Å². The Morgan fingerprint density at radius 2 is 2.25 bits per heavy atom. The third-order valence-electron chi connectivity index (χ3n) is 4.39. The van der Waals surface area contributed by atoms with E-state index in [1.807, 2.05) is 11.8 Å². The lowest BCUT2D eigenvalue weighted by atomic mass is 10.0. The number of rotatable bonds is 3. The SMILES string of the molecule is Cc1nc(CC(C)C)c(C(=O)N2CC(O)C3(CC3)C2)s1. The Morgan fingerprint density at radius 1 is 1.55 bits per heavy atom. The molecule has 1 atom stereocenters. The molecule has 110 valence electrons. The zero-order valence-corrected chi connectivity index (χ0v) is 13.2. The number of hydrogen-bond donors (Lipinski definition) is 1. The lowest BCUT2D eigenvalue weighted by Gasteiger charge is -2.15. The highest BCUT2D eigenvalue weighted by molar-refractivity contribution is 7.13. The molecule has 20 heavy (non-hydrogen) atoms. The number of carbonyl (C=O) groups is 1. The highest BCUT2D eigenvalue weighted by atomic mass is 32.1. The average molecular weight is 294 g/mol. The first kappa shape index (κ1) is 14.0. The van der Waals surface area contributed by atoms with Crippen LogP contribution in [0.2, 0.25) is 0 Å². The van der Waals surface area contributed by atoms with E-state index in [0.29, 0.717) is 19.0 Å². The van der Waals surface area contributed by atoms with Crippen LogP contribution < -0.4 is 0 Å². The Labute approximate surface area is 123 Å². The first-order valence-corrected chi connectivity index (χ1v) is 8.16. The molecule has 1 unspecified atom stereocenters. The predicted octanol–water partition coefficient (Wildman–Crippen LogP) is 2.25. The summed E-state index contributed by atoms with van der Waals surface area (Å²) in [4.78, 5) is 19.8. The minimum atomic E-state index is -0.339. The second-order valence-electron chi connectivity index (χ2n) is 6.67. The molecule has 1 saturated heterocycles. The number of likely N-dealkylation sites (tertiary alicyclic amines) is 1. The predicted molar refractivity (Wildman–Crippen MR) is 79.0 cm³/mol. The largest absolute Gasteiger partial charge is 0.391 e. The number of aromatic nitrogens is 1. The van der Waals surface area contributed by atoms with Crippen molar-refractivity contribution in [2.75, 3.05) is 13.1 Å². The number of aliphatic hydroxyl groups is 1. The average Bonchev–Trinajstić information content (AvgIpc) is 2.94. The first-order chi connectivity index (χ1) is 9.41. The molecule has 3 rings (SSSR count). The van der Waals surface area contributed by atoms with Gasteiger partial charge in [0.2, 0.25) is 0 Å². The third-order valence-corrected chi connectivity index (χ3v) is 5.39. The molecule has 2 aliphatic rings. The van der Waals surface area contributed by atoms with Crippen LogP contribution in [0.4, 0.5) is 0 Å². The lowest BCUT2D eigenvalue weighted by molar-refractivity contribution is 0.0767. The van der Waals surface area contributed by atoms with Gasteiger partial charge in [-0.3, -0.25) is 4.79 Å². The maximum atomic E-state index is 12.7. The molecule has 4 nitrogen and oxygen atoms in total. The fraction of sp³-hybridized carbons (Fsp3) is 0.733. The van der Waals surface area contributed by atoms with Gasteiger partial charge >= 0.3 is 0 Å². The van der Waals surface area contributed by atoms with E-state index in [0.717, 1.165) is 34.8 Å². The molecule has 5 heteroatoms. The summed E-state index contributed by atoms with van der Waals surface area (Å²) >= 11 is 1.49. The number of hydrogen-bond acceptors (Lipinski definition) is 4. The van der Waals surface area contributed by atoms with E-state index in [4.69, 9.17) is 0 Å². The van der Waals surface area contributed by atoms with Gasteiger partial charge < -0.3 is 10.0 Å². The van der Waals surface area contributed by atoms with Crippen molar-refractivity contribution in [2.24, 2.45) is 11.3 Å². The van der Waals surface area contributed by atoms with Crippen molar-refractivity contribution in [1.29, 1.82) is 0 Å². The van der Waals surface area contributed by atoms with Crippen molar-refractivity contribution in [3.05, 3.63) is 15.6 Å². The van der Waals surface area contributed by atoms with E-state index in [-0.39, 0.29) is 17.4 Å². The number of thiazole rings is 1. The molecule has 1 aromatic rings. The van der Waals surface area contributed by atoms with Crippen LogP contribution >= 0.6 is 11.3 Å². The summed E-state index contributed by atoms with van der Waals surface area (Å²) in [6.45, 7) is 7.43. The van der Waals surface area contributed by atoms with Crippen LogP contribution in [0.1, 0.15) is 47.1 Å². The fourth-order valence-electron chi connectivity index (χ4n) is 3.07. The quantitative estimate of drug-likeness (QED) is 0.930. The van der Waals surface area contributed by atoms with E-state index in [9.17, 15) is 9.90 Å². The van der Waals surface area contributed by atoms with E-state index in [1.165, 1.54) is 11.3 Å². The molecule has 1 aromatic heterocycles. The Bertz CT molecular complexity index is 534. The van der Waals surface area contributed by atoms with Crippen molar-refractivity contribution < 1.29 is 9.90 Å². The molecule has 0 radical (unpaired) electrons. The Hall–Kier alpha value is -0.940. The van der Waals surface area contributed by atoms with Gasteiger partial charge in [0.1, 0.15) is 4.88 Å². The maximum absolute atomic E-state index is 12.7. The maximum Gasteiger partial charge on any atom is 0.265 e. The van der Waals surface area contributed by atoms with Crippen LogP contribution in [0.5, 0.6) is 0 Å². The summed E-state index contributed by atoms with van der Waals surface area (Å²) < 4.78 is 0. The van der Waals surface area contributed by atoms with Crippen LogP contribution in [-0.2, 0) is 6.42 Å². The standard InChI is InChI=1S/C15H22N2O2S/c1-9(2)6-11-13(20-10(3)16-11)14(19)17-7-12(18)15(8-17)4-5-15/h9,12,18H,4-8H2,1-3H3. The molecule has 2 fully saturated rings. The lowest BCUT2D eigenvalue weighted by Crippen LogP contribution is -2.29. The molecule has 1 saturated carbocycles. The molecule has 1 amide bonds. The topological polar surface area (TPSA) is 53.4 Å². The number of amides is 1. The van der Waals surface area contributed by atoms with Gasteiger partial charge in [0, 0.05) is 18.5 Å². The van der Waals surface area contributed by atoms with Crippen molar-refractivity contribution in [3.8, 4) is 0 Å². The number of aliphatic hydroxyl groups excluding tert-OH is 1. The molecule has 1 N–H and O–H groups in total. The minimum Gasteiger partial charge on any atom is -0.391 e. The van der Waals surface area contributed by atoms with Crippen molar-refractivity contribution in [1.82, 2.24) is 9.88 Å². The summed E-state index contributed by atoms with van der Waals surface area (Å²) in [5, 5.41) is 11.0. The Kier molecular flexibility index (Phi) is 3.37. The summed E-state index contributed by atoms with van der Waals surface area (Å²) in [6.07, 6.45) is 2.61. The van der Waals surface area contributed by atoms with Crippen LogP contribution in [0.3, 0.4) is 0 Å². The van der Waals surface area contributed by atoms with Crippen molar-refractivity contribution in [2.45, 2.75) is 46.1 Å². The highest BCUT2D eigenvalue weighted by Crippen LogP contribution is 2.53. The highest BCUT2D eigenvalue weighted by Gasteiger charge is 2.55. The molecular weight excluding hydrogens is 272 g/mol. The monoisotopic (exact) mass is 294 g/mol. The van der Waals surface area contributed by atoms with Gasteiger partial charge in [-0.1, -0.05) is 13.8 Å². The van der Waals surface area contributed by atoms with Crippen molar-refractivity contribution in [3.63, 3.8) is 0 Å². The Morgan fingerprint density at radius 3 is 2.80 bits per heavy atom. The second-order valence-corrected chi connectivity index (χ2v) is 7.87. The summed E-state index contributed by atoms with van der Waals surface area (Å²) in [5.41, 5.74) is 0.951. The minimum absolute atomic E-state index is 0.0214. The number of β-amino-alcohol motifs (C(OH)–C–C–N with tert-alkyl or cyclic N) is 1. The molecule has 1 spiro atoms. The molecule has 2 heterocycles. The molecule has 1 aliphatic carbocycles. The van der Waals surface area contributed by atoms with Crippen LogP contribution in [-0.4, -0.2) is 40.1 Å². The summed E-state index contributed by atoms with van der Waals surface area (Å²) in [5.74, 6) is 0.552. The first-order valence-electron chi connectivity index (χ1n) is 7.35. The molecular formula is C15H22N2O2S. The van der Waals surface area contributed by atoms with Crippen LogP contribution in [0.25, 0.3) is 0 Å². The smallest absolute Gasteiger partial charge is 0.265 e. The Balaban J connectivity index is 1.80. The summed E-state index contributed by atoms with van der Waals surface area (Å²) in [7, 11) is 0. The normalized spacial score (nSPS) is 23.9. The van der Waals surface area contributed by atoms with Gasteiger partial charge in [-0.25, -0.2) is 4.98 Å². The zero-order chi connectivity index (χ0) is 14.5. The van der Waals surface area contributed by atoms with Crippen LogP contribution in [0.15, 0.2) is 0 Å². The van der Waals surface area contributed by atoms with E-state index < -0.39 is 0 Å². The van der Waals surface area contributed by atoms with E-state index in [2.05, 4.69) is 18.8 Å². The van der Waals surface area contributed by atoms with Gasteiger partial charge in [-0.15, -0.1) is 11.3 Å². The van der Waals surface area contributed by atoms with Gasteiger partial charge in [0.25, 0.3) is 5.91 Å². The van der Waals surface area contributed by atoms with Crippen molar-refractivity contribution >= 4 is 17.2 Å². The fourth-order valence-corrected chi connectivity index (χ4v) is 3.98. The van der Waals surface area contributed by atoms with Crippen LogP contribution in [0, 0.1) is 18.3 Å². The second kappa shape index (κ2) is 4.81. The van der Waals surface area contributed by atoms with Gasteiger partial charge in [-0.05, 0) is 32.1 Å². The molecule has 0 bridgehead atoms. The number of nitrogens with zero attached hydrogens (tertiary/aromatic N) is 2. The number of aryl methyl sites for hydroxylation is 1. The molecule has 1 aliphatic heterocycles.